The van der Waals surface area contributed by atoms with Gasteiger partial charge in [0.25, 0.3) is 11.8 Å². The molecule has 30 heavy (non-hydrogen) atoms. The van der Waals surface area contributed by atoms with E-state index in [-0.39, 0.29) is 35.2 Å². The second kappa shape index (κ2) is 8.47. The Labute approximate surface area is 169 Å². The lowest BCUT2D eigenvalue weighted by atomic mass is 10.1. The maximum Gasteiger partial charge on any atom is 0.314 e. The van der Waals surface area contributed by atoms with Gasteiger partial charge in [-0.05, 0) is 24.1 Å². The van der Waals surface area contributed by atoms with Crippen LogP contribution in [0.15, 0.2) is 41.1 Å². The van der Waals surface area contributed by atoms with Gasteiger partial charge in [0.05, 0.1) is 11.6 Å². The average Bonchev–Trinajstić information content (AvgIpc) is 3.38. The number of hydrogen-bond acceptors (Lipinski definition) is 7. The molecule has 3 aromatic rings. The van der Waals surface area contributed by atoms with Gasteiger partial charge in [0, 0.05) is 31.9 Å². The SMILES string of the molecule is O=C1CCCN1CC(Nc1ncc(-c2nnc(C(F)F)o2)cn1)c1ccc(F)cc1. The van der Waals surface area contributed by atoms with Gasteiger partial charge < -0.3 is 14.6 Å². The maximum absolute atomic E-state index is 13.3. The monoisotopic (exact) mass is 418 g/mol. The van der Waals surface area contributed by atoms with Crippen LogP contribution in [0, 0.1) is 5.82 Å². The number of likely N-dealkylation sites (tertiary alicyclic amines) is 1. The van der Waals surface area contributed by atoms with Crippen molar-refractivity contribution in [3.8, 4) is 11.5 Å². The largest absolute Gasteiger partial charge is 0.415 e. The lowest BCUT2D eigenvalue weighted by Crippen LogP contribution is -2.33. The Morgan fingerprint density at radius 2 is 1.87 bits per heavy atom. The van der Waals surface area contributed by atoms with Crippen LogP contribution in [0.2, 0.25) is 0 Å². The predicted molar refractivity (Wildman–Crippen MR) is 98.9 cm³/mol. The number of rotatable bonds is 7. The average molecular weight is 418 g/mol. The summed E-state index contributed by atoms with van der Waals surface area (Å²) in [5.41, 5.74) is 1.05. The first kappa shape index (κ1) is 19.8. The molecule has 0 radical (unpaired) electrons. The fourth-order valence-electron chi connectivity index (χ4n) is 3.16. The van der Waals surface area contributed by atoms with E-state index in [1.54, 1.807) is 17.0 Å². The number of benzene rings is 1. The third-order valence-electron chi connectivity index (χ3n) is 4.68. The van der Waals surface area contributed by atoms with E-state index in [0.29, 0.717) is 19.5 Å². The van der Waals surface area contributed by atoms with Crippen LogP contribution in [-0.4, -0.2) is 44.1 Å². The fourth-order valence-corrected chi connectivity index (χ4v) is 3.16. The first-order chi connectivity index (χ1) is 14.5. The number of anilines is 1. The standard InChI is InChI=1S/C19H17F3N6O2/c20-13-5-3-11(4-6-13)14(10-28-7-1-2-15(28)29)25-19-23-8-12(9-24-19)17-26-27-18(30-17)16(21)22/h3-6,8-9,14,16H,1-2,7,10H2,(H,23,24,25). The van der Waals surface area contributed by atoms with Gasteiger partial charge in [-0.1, -0.05) is 12.1 Å². The zero-order chi connectivity index (χ0) is 21.1. The van der Waals surface area contributed by atoms with E-state index < -0.39 is 12.3 Å². The molecule has 2 aromatic heterocycles. The second-order valence-corrected chi connectivity index (χ2v) is 6.73. The smallest absolute Gasteiger partial charge is 0.314 e. The summed E-state index contributed by atoms with van der Waals surface area (Å²) in [5, 5.41) is 9.96. The van der Waals surface area contributed by atoms with Crippen LogP contribution in [0.25, 0.3) is 11.5 Å². The van der Waals surface area contributed by atoms with Gasteiger partial charge in [-0.2, -0.15) is 8.78 Å². The Morgan fingerprint density at radius 3 is 2.47 bits per heavy atom. The second-order valence-electron chi connectivity index (χ2n) is 6.73. The molecule has 0 saturated carbocycles. The van der Waals surface area contributed by atoms with Gasteiger partial charge in [0.15, 0.2) is 0 Å². The molecular formula is C19H17F3N6O2. The van der Waals surface area contributed by atoms with Crippen molar-refractivity contribution in [2.75, 3.05) is 18.4 Å². The molecule has 1 fully saturated rings. The molecule has 1 aliphatic rings. The van der Waals surface area contributed by atoms with Gasteiger partial charge >= 0.3 is 6.43 Å². The van der Waals surface area contributed by atoms with Crippen molar-refractivity contribution in [1.82, 2.24) is 25.1 Å². The first-order valence-electron chi connectivity index (χ1n) is 9.23. The summed E-state index contributed by atoms with van der Waals surface area (Å²) < 4.78 is 43.4. The number of nitrogens with one attached hydrogen (secondary N) is 1. The van der Waals surface area contributed by atoms with E-state index in [2.05, 4.69) is 25.5 Å². The summed E-state index contributed by atoms with van der Waals surface area (Å²) in [6.07, 6.45) is 1.16. The van der Waals surface area contributed by atoms with Crippen molar-refractivity contribution >= 4 is 11.9 Å². The first-order valence-corrected chi connectivity index (χ1v) is 9.23. The Bertz CT molecular complexity index is 1010. The highest BCUT2D eigenvalue weighted by atomic mass is 19.3. The molecule has 1 unspecified atom stereocenters. The number of aromatic nitrogens is 4. The van der Waals surface area contributed by atoms with Crippen LogP contribution in [0.4, 0.5) is 19.1 Å². The van der Waals surface area contributed by atoms with E-state index >= 15 is 0 Å². The fraction of sp³-hybridized carbons (Fsp3) is 0.316. The molecule has 8 nitrogen and oxygen atoms in total. The number of alkyl halides is 2. The third kappa shape index (κ3) is 4.39. The minimum Gasteiger partial charge on any atom is -0.415 e. The van der Waals surface area contributed by atoms with Crippen LogP contribution < -0.4 is 5.32 Å². The molecule has 1 amide bonds. The van der Waals surface area contributed by atoms with Crippen LogP contribution in [0.5, 0.6) is 0 Å². The summed E-state index contributed by atoms with van der Waals surface area (Å²) in [5.74, 6) is -0.953. The van der Waals surface area contributed by atoms with Crippen molar-refractivity contribution in [2.24, 2.45) is 0 Å². The zero-order valence-electron chi connectivity index (χ0n) is 15.6. The number of carbonyl (C=O) groups excluding carboxylic acids is 1. The lowest BCUT2D eigenvalue weighted by molar-refractivity contribution is -0.127. The summed E-state index contributed by atoms with van der Waals surface area (Å²) in [7, 11) is 0. The highest BCUT2D eigenvalue weighted by Crippen LogP contribution is 2.25. The van der Waals surface area contributed by atoms with E-state index in [9.17, 15) is 18.0 Å². The van der Waals surface area contributed by atoms with Gasteiger partial charge in [0.2, 0.25) is 11.9 Å². The number of halogens is 3. The van der Waals surface area contributed by atoms with E-state index in [4.69, 9.17) is 4.42 Å². The minimum atomic E-state index is -2.86. The molecule has 1 aromatic carbocycles. The molecule has 3 heterocycles. The molecule has 1 atom stereocenters. The molecule has 0 aliphatic carbocycles. The highest BCUT2D eigenvalue weighted by molar-refractivity contribution is 5.78. The highest BCUT2D eigenvalue weighted by Gasteiger charge is 2.25. The van der Waals surface area contributed by atoms with Crippen LogP contribution in [0.3, 0.4) is 0 Å². The molecule has 156 valence electrons. The number of amides is 1. The normalized spacial score (nSPS) is 15.1. The third-order valence-corrected chi connectivity index (χ3v) is 4.68. The van der Waals surface area contributed by atoms with Gasteiger partial charge in [-0.15, -0.1) is 10.2 Å². The van der Waals surface area contributed by atoms with Gasteiger partial charge in [-0.3, -0.25) is 4.79 Å². The minimum absolute atomic E-state index is 0.0615. The number of carbonyl (C=O) groups is 1. The summed E-state index contributed by atoms with van der Waals surface area (Å²) in [4.78, 5) is 22.1. The summed E-state index contributed by atoms with van der Waals surface area (Å²) in [6.45, 7) is 1.03. The van der Waals surface area contributed by atoms with Gasteiger partial charge in [-0.25, -0.2) is 14.4 Å². The Hall–Kier alpha value is -3.50. The molecule has 1 N–H and O–H groups in total. The summed E-state index contributed by atoms with van der Waals surface area (Å²) >= 11 is 0. The van der Waals surface area contributed by atoms with Crippen LogP contribution in [0.1, 0.15) is 36.8 Å². The molecule has 0 spiro atoms. The van der Waals surface area contributed by atoms with Crippen LogP contribution >= 0.6 is 0 Å². The predicted octanol–water partition coefficient (Wildman–Crippen LogP) is 3.38. The van der Waals surface area contributed by atoms with Crippen molar-refractivity contribution in [2.45, 2.75) is 25.3 Å². The Kier molecular flexibility index (Phi) is 5.59. The number of hydrogen-bond donors (Lipinski definition) is 1. The Balaban J connectivity index is 1.52. The van der Waals surface area contributed by atoms with Crippen molar-refractivity contribution in [3.05, 3.63) is 53.9 Å². The van der Waals surface area contributed by atoms with Crippen molar-refractivity contribution in [1.29, 1.82) is 0 Å². The summed E-state index contributed by atoms with van der Waals surface area (Å²) in [6, 6.07) is 5.58. The molecule has 4 rings (SSSR count). The molecule has 1 aliphatic heterocycles. The van der Waals surface area contributed by atoms with Crippen LogP contribution in [-0.2, 0) is 4.79 Å². The van der Waals surface area contributed by atoms with E-state index in [0.717, 1.165) is 12.0 Å². The van der Waals surface area contributed by atoms with E-state index in [1.165, 1.54) is 24.5 Å². The van der Waals surface area contributed by atoms with E-state index in [1.807, 2.05) is 0 Å². The Morgan fingerprint density at radius 1 is 1.13 bits per heavy atom. The molecule has 11 heteroatoms. The number of nitrogens with zero attached hydrogens (tertiary/aromatic N) is 5. The van der Waals surface area contributed by atoms with Gasteiger partial charge in [0.1, 0.15) is 5.82 Å². The topological polar surface area (TPSA) is 97.0 Å². The maximum atomic E-state index is 13.3. The quantitative estimate of drug-likeness (QED) is 0.628. The molecule has 0 bridgehead atoms. The molecule has 1 saturated heterocycles. The lowest BCUT2D eigenvalue weighted by Gasteiger charge is -2.25. The van der Waals surface area contributed by atoms with Crippen molar-refractivity contribution < 1.29 is 22.4 Å². The zero-order valence-corrected chi connectivity index (χ0v) is 15.6. The van der Waals surface area contributed by atoms with Crippen molar-refractivity contribution in [3.63, 3.8) is 0 Å². The molecular weight excluding hydrogens is 401 g/mol.